The third-order valence-electron chi connectivity index (χ3n) is 2.00. The van der Waals surface area contributed by atoms with E-state index in [0.29, 0.717) is 0 Å². The molecule has 0 saturated heterocycles. The first kappa shape index (κ1) is 11.7. The minimum Gasteiger partial charge on any atom is -0.389 e. The molecule has 1 N–H and O–H groups in total. The summed E-state index contributed by atoms with van der Waals surface area (Å²) >= 11 is 0. The quantitative estimate of drug-likeness (QED) is 0.459. The zero-order valence-corrected chi connectivity index (χ0v) is 8.42. The van der Waals surface area contributed by atoms with Crippen LogP contribution < -0.4 is 0 Å². The van der Waals surface area contributed by atoms with Gasteiger partial charge in [0.1, 0.15) is 0 Å². The Balaban J connectivity index is 3.12. The van der Waals surface area contributed by atoms with Crippen molar-refractivity contribution in [2.75, 3.05) is 0 Å². The van der Waals surface area contributed by atoms with Crippen LogP contribution in [0.5, 0.6) is 0 Å². The summed E-state index contributed by atoms with van der Waals surface area (Å²) < 4.78 is 0. The number of unbranched alkanes of at least 4 members (excludes halogenated alkanes) is 4. The van der Waals surface area contributed by atoms with Gasteiger partial charge in [-0.1, -0.05) is 45.3 Å². The van der Waals surface area contributed by atoms with Crippen LogP contribution in [0.4, 0.5) is 0 Å². The maximum Gasteiger partial charge on any atom is 0.0718 e. The van der Waals surface area contributed by atoms with E-state index in [9.17, 15) is 5.11 Å². The Labute approximate surface area is 76.5 Å². The fourth-order valence-electron chi connectivity index (χ4n) is 1.08. The van der Waals surface area contributed by atoms with Crippen LogP contribution in [-0.4, -0.2) is 11.2 Å². The second kappa shape index (κ2) is 8.79. The van der Waals surface area contributed by atoms with Crippen LogP contribution in [0.3, 0.4) is 0 Å². The van der Waals surface area contributed by atoms with Crippen molar-refractivity contribution in [3.63, 3.8) is 0 Å². The average Bonchev–Trinajstić information content (AvgIpc) is 2.10. The van der Waals surface area contributed by atoms with Crippen molar-refractivity contribution in [1.29, 1.82) is 0 Å². The number of hydrogen-bond donors (Lipinski definition) is 1. The normalized spacial score (nSPS) is 13.9. The van der Waals surface area contributed by atoms with Crippen molar-refractivity contribution < 1.29 is 5.11 Å². The largest absolute Gasteiger partial charge is 0.389 e. The molecule has 0 aromatic rings. The predicted octanol–water partition coefficient (Wildman–Crippen LogP) is 3.28. The zero-order valence-electron chi connectivity index (χ0n) is 8.42. The SMILES string of the molecule is CCCCCC/C=C\[C@@H](O)CC. The van der Waals surface area contributed by atoms with Gasteiger partial charge in [0.25, 0.3) is 0 Å². The Morgan fingerprint density at radius 1 is 1.17 bits per heavy atom. The third kappa shape index (κ3) is 7.80. The predicted molar refractivity (Wildman–Crippen MR) is 54.2 cm³/mol. The van der Waals surface area contributed by atoms with Gasteiger partial charge in [-0.25, -0.2) is 0 Å². The van der Waals surface area contributed by atoms with Crippen molar-refractivity contribution in [1.82, 2.24) is 0 Å². The Kier molecular flexibility index (Phi) is 8.57. The van der Waals surface area contributed by atoms with E-state index >= 15 is 0 Å². The van der Waals surface area contributed by atoms with Crippen molar-refractivity contribution in [3.8, 4) is 0 Å². The highest BCUT2D eigenvalue weighted by Gasteiger charge is 1.91. The molecule has 1 atom stereocenters. The third-order valence-corrected chi connectivity index (χ3v) is 2.00. The van der Waals surface area contributed by atoms with Crippen LogP contribution in [0.25, 0.3) is 0 Å². The molecule has 0 aliphatic carbocycles. The van der Waals surface area contributed by atoms with Crippen molar-refractivity contribution in [2.45, 2.75) is 58.5 Å². The molecule has 0 aromatic heterocycles. The molecular weight excluding hydrogens is 148 g/mol. The first-order valence-corrected chi connectivity index (χ1v) is 5.16. The molecule has 0 aromatic carbocycles. The molecule has 0 aliphatic rings. The van der Waals surface area contributed by atoms with E-state index < -0.39 is 0 Å². The van der Waals surface area contributed by atoms with Crippen LogP contribution in [0.15, 0.2) is 12.2 Å². The maximum absolute atomic E-state index is 9.17. The summed E-state index contributed by atoms with van der Waals surface area (Å²) in [6, 6.07) is 0. The smallest absolute Gasteiger partial charge is 0.0718 e. The van der Waals surface area contributed by atoms with Crippen LogP contribution in [0.1, 0.15) is 52.4 Å². The lowest BCUT2D eigenvalue weighted by Crippen LogP contribution is -1.97. The van der Waals surface area contributed by atoms with Crippen LogP contribution in [0, 0.1) is 0 Å². The van der Waals surface area contributed by atoms with Crippen molar-refractivity contribution in [2.24, 2.45) is 0 Å². The molecule has 72 valence electrons. The molecule has 0 spiro atoms. The van der Waals surface area contributed by atoms with Gasteiger partial charge in [0, 0.05) is 0 Å². The van der Waals surface area contributed by atoms with Gasteiger partial charge in [-0.2, -0.15) is 0 Å². The molecular formula is C11H22O. The van der Waals surface area contributed by atoms with E-state index in [1.807, 2.05) is 13.0 Å². The van der Waals surface area contributed by atoms with E-state index in [2.05, 4.69) is 13.0 Å². The topological polar surface area (TPSA) is 20.2 Å². The lowest BCUT2D eigenvalue weighted by molar-refractivity contribution is 0.219. The molecule has 0 amide bonds. The molecule has 0 fully saturated rings. The summed E-state index contributed by atoms with van der Waals surface area (Å²) in [5.41, 5.74) is 0. The van der Waals surface area contributed by atoms with Gasteiger partial charge in [-0.3, -0.25) is 0 Å². The highest BCUT2D eigenvalue weighted by Crippen LogP contribution is 2.03. The Hall–Kier alpha value is -0.300. The van der Waals surface area contributed by atoms with Crippen LogP contribution in [-0.2, 0) is 0 Å². The first-order valence-electron chi connectivity index (χ1n) is 5.16. The molecule has 12 heavy (non-hydrogen) atoms. The molecule has 0 saturated carbocycles. The van der Waals surface area contributed by atoms with Gasteiger partial charge < -0.3 is 5.11 Å². The van der Waals surface area contributed by atoms with Crippen LogP contribution in [0.2, 0.25) is 0 Å². The molecule has 0 bridgehead atoms. The number of rotatable bonds is 7. The fraction of sp³-hybridized carbons (Fsp3) is 0.818. The summed E-state index contributed by atoms with van der Waals surface area (Å²) in [6.07, 6.45) is 10.9. The molecule has 0 aliphatic heterocycles. The van der Waals surface area contributed by atoms with E-state index in [-0.39, 0.29) is 6.10 Å². The van der Waals surface area contributed by atoms with Gasteiger partial charge in [-0.15, -0.1) is 0 Å². The molecule has 0 heterocycles. The van der Waals surface area contributed by atoms with Gasteiger partial charge in [0.2, 0.25) is 0 Å². The zero-order chi connectivity index (χ0) is 9.23. The summed E-state index contributed by atoms with van der Waals surface area (Å²) in [7, 11) is 0. The van der Waals surface area contributed by atoms with Gasteiger partial charge in [0.05, 0.1) is 6.10 Å². The van der Waals surface area contributed by atoms with E-state index in [0.717, 1.165) is 12.8 Å². The number of aliphatic hydroxyl groups is 1. The number of allylic oxidation sites excluding steroid dienone is 1. The highest BCUT2D eigenvalue weighted by atomic mass is 16.3. The van der Waals surface area contributed by atoms with Gasteiger partial charge >= 0.3 is 0 Å². The molecule has 1 nitrogen and oxygen atoms in total. The Morgan fingerprint density at radius 2 is 1.92 bits per heavy atom. The summed E-state index contributed by atoms with van der Waals surface area (Å²) in [4.78, 5) is 0. The lowest BCUT2D eigenvalue weighted by Gasteiger charge is -1.98. The molecule has 0 unspecified atom stereocenters. The Morgan fingerprint density at radius 3 is 2.50 bits per heavy atom. The molecule has 0 radical (unpaired) electrons. The lowest BCUT2D eigenvalue weighted by atomic mass is 10.1. The minimum atomic E-state index is -0.226. The van der Waals surface area contributed by atoms with E-state index in [1.54, 1.807) is 0 Å². The van der Waals surface area contributed by atoms with Crippen LogP contribution >= 0.6 is 0 Å². The fourth-order valence-corrected chi connectivity index (χ4v) is 1.08. The molecule has 0 rings (SSSR count). The first-order chi connectivity index (χ1) is 5.81. The van der Waals surface area contributed by atoms with Gasteiger partial charge in [-0.05, 0) is 19.3 Å². The van der Waals surface area contributed by atoms with Gasteiger partial charge in [0.15, 0.2) is 0 Å². The maximum atomic E-state index is 9.17. The Bertz CT molecular complexity index is 108. The van der Waals surface area contributed by atoms with E-state index in [4.69, 9.17) is 0 Å². The summed E-state index contributed by atoms with van der Waals surface area (Å²) in [5, 5.41) is 9.17. The standard InChI is InChI=1S/C11H22O/c1-3-5-6-7-8-9-10-11(12)4-2/h9-12H,3-8H2,1-2H3/b10-9-/t11-/m0/s1. The number of hydrogen-bond acceptors (Lipinski definition) is 1. The highest BCUT2D eigenvalue weighted by molar-refractivity contribution is 4.87. The monoisotopic (exact) mass is 170 g/mol. The minimum absolute atomic E-state index is 0.226. The van der Waals surface area contributed by atoms with E-state index in [1.165, 1.54) is 25.7 Å². The van der Waals surface area contributed by atoms with Crippen molar-refractivity contribution >= 4 is 0 Å². The second-order valence-electron chi connectivity index (χ2n) is 3.25. The average molecular weight is 170 g/mol. The number of aliphatic hydroxyl groups excluding tert-OH is 1. The molecule has 1 heteroatoms. The summed E-state index contributed by atoms with van der Waals surface area (Å²) in [6.45, 7) is 4.21. The van der Waals surface area contributed by atoms with Crippen molar-refractivity contribution in [3.05, 3.63) is 12.2 Å². The second-order valence-corrected chi connectivity index (χ2v) is 3.25. The summed E-state index contributed by atoms with van der Waals surface area (Å²) in [5.74, 6) is 0.